The third-order valence-electron chi connectivity index (χ3n) is 4.60. The SMILES string of the molecule is CC(C)Cn1nc(C(=O)NNC(=S)NC2CCCC2)c2ccccc2c1=O. The van der Waals surface area contributed by atoms with Crippen molar-refractivity contribution in [3.8, 4) is 0 Å². The number of nitrogens with zero attached hydrogens (tertiary/aromatic N) is 2. The van der Waals surface area contributed by atoms with Gasteiger partial charge >= 0.3 is 0 Å². The molecule has 0 bridgehead atoms. The number of thiocarbonyl (C=S) groups is 1. The molecule has 0 saturated heterocycles. The van der Waals surface area contributed by atoms with Crippen molar-refractivity contribution in [1.82, 2.24) is 25.9 Å². The van der Waals surface area contributed by atoms with Crippen LogP contribution in [0.1, 0.15) is 50.0 Å². The van der Waals surface area contributed by atoms with Gasteiger partial charge in [-0.05, 0) is 37.0 Å². The van der Waals surface area contributed by atoms with E-state index >= 15 is 0 Å². The van der Waals surface area contributed by atoms with Crippen LogP contribution in [0.5, 0.6) is 0 Å². The fraction of sp³-hybridized carbons (Fsp3) is 0.474. The minimum atomic E-state index is -0.431. The number of hydrogen-bond acceptors (Lipinski definition) is 4. The Balaban J connectivity index is 1.79. The summed E-state index contributed by atoms with van der Waals surface area (Å²) in [6, 6.07) is 7.37. The molecule has 8 heteroatoms. The van der Waals surface area contributed by atoms with E-state index in [9.17, 15) is 9.59 Å². The first-order valence-corrected chi connectivity index (χ1v) is 9.73. The number of amides is 1. The summed E-state index contributed by atoms with van der Waals surface area (Å²) in [6.45, 7) is 4.44. The maximum atomic E-state index is 12.7. The van der Waals surface area contributed by atoms with Crippen molar-refractivity contribution in [2.24, 2.45) is 5.92 Å². The molecule has 1 aromatic heterocycles. The summed E-state index contributed by atoms with van der Waals surface area (Å²) < 4.78 is 1.36. The summed E-state index contributed by atoms with van der Waals surface area (Å²) in [6.07, 6.45) is 4.56. The van der Waals surface area contributed by atoms with Crippen LogP contribution in [0.4, 0.5) is 0 Å². The highest BCUT2D eigenvalue weighted by Crippen LogP contribution is 2.17. The van der Waals surface area contributed by atoms with E-state index in [1.807, 2.05) is 13.8 Å². The van der Waals surface area contributed by atoms with Gasteiger partial charge in [-0.15, -0.1) is 0 Å². The van der Waals surface area contributed by atoms with Crippen molar-refractivity contribution in [2.45, 2.75) is 52.1 Å². The van der Waals surface area contributed by atoms with Crippen molar-refractivity contribution in [1.29, 1.82) is 0 Å². The molecule has 1 saturated carbocycles. The maximum Gasteiger partial charge on any atom is 0.290 e. The lowest BCUT2D eigenvalue weighted by atomic mass is 10.1. The van der Waals surface area contributed by atoms with E-state index in [0.29, 0.717) is 28.5 Å². The highest BCUT2D eigenvalue weighted by atomic mass is 32.1. The van der Waals surface area contributed by atoms with Crippen LogP contribution in [0.2, 0.25) is 0 Å². The third kappa shape index (κ3) is 4.63. The number of carbonyl (C=O) groups is 1. The fourth-order valence-corrected chi connectivity index (χ4v) is 3.55. The van der Waals surface area contributed by atoms with Gasteiger partial charge in [-0.1, -0.05) is 44.9 Å². The molecule has 7 nitrogen and oxygen atoms in total. The highest BCUT2D eigenvalue weighted by Gasteiger charge is 2.18. The normalized spacial score (nSPS) is 14.5. The summed E-state index contributed by atoms with van der Waals surface area (Å²) >= 11 is 5.25. The number of hydrazine groups is 1. The highest BCUT2D eigenvalue weighted by molar-refractivity contribution is 7.80. The molecule has 0 aliphatic heterocycles. The number of carbonyl (C=O) groups excluding carboxylic acids is 1. The number of aromatic nitrogens is 2. The first-order valence-electron chi connectivity index (χ1n) is 9.32. The standard InChI is InChI=1S/C19H25N5O2S/c1-12(2)11-24-18(26)15-10-6-5-9-14(15)16(23-24)17(25)21-22-19(27)20-13-7-3-4-8-13/h5-6,9-10,12-13H,3-4,7-8,11H2,1-2H3,(H,21,25)(H2,20,22,27). The number of nitrogens with one attached hydrogen (secondary N) is 3. The lowest BCUT2D eigenvalue weighted by Crippen LogP contribution is -2.49. The zero-order valence-electron chi connectivity index (χ0n) is 15.6. The van der Waals surface area contributed by atoms with Crippen LogP contribution in [0.25, 0.3) is 10.8 Å². The molecule has 0 unspecified atom stereocenters. The summed E-state index contributed by atoms with van der Waals surface area (Å²) in [5, 5.41) is 8.90. The Bertz CT molecular complexity index is 903. The largest absolute Gasteiger partial charge is 0.359 e. The molecule has 144 valence electrons. The monoisotopic (exact) mass is 387 g/mol. The van der Waals surface area contributed by atoms with Crippen molar-refractivity contribution >= 4 is 34.0 Å². The average Bonchev–Trinajstić information content (AvgIpc) is 3.14. The van der Waals surface area contributed by atoms with Gasteiger partial charge in [0.1, 0.15) is 0 Å². The lowest BCUT2D eigenvalue weighted by Gasteiger charge is -2.17. The molecular formula is C19H25N5O2S. The van der Waals surface area contributed by atoms with E-state index in [4.69, 9.17) is 12.2 Å². The molecule has 2 aromatic rings. The van der Waals surface area contributed by atoms with Gasteiger partial charge in [0.05, 0.1) is 5.39 Å². The molecule has 3 N–H and O–H groups in total. The zero-order chi connectivity index (χ0) is 19.4. The Morgan fingerprint density at radius 3 is 2.56 bits per heavy atom. The number of fused-ring (bicyclic) bond motifs is 1. The molecule has 1 aliphatic carbocycles. The molecule has 1 heterocycles. The summed E-state index contributed by atoms with van der Waals surface area (Å²) in [7, 11) is 0. The molecule has 1 fully saturated rings. The average molecular weight is 388 g/mol. The molecule has 27 heavy (non-hydrogen) atoms. The van der Waals surface area contributed by atoms with Crippen LogP contribution in [-0.4, -0.2) is 26.8 Å². The molecule has 0 spiro atoms. The Labute approximate surface area is 163 Å². The molecule has 1 aromatic carbocycles. The molecule has 3 rings (SSSR count). The first-order chi connectivity index (χ1) is 13.0. The Morgan fingerprint density at radius 1 is 1.22 bits per heavy atom. The minimum absolute atomic E-state index is 0.192. The van der Waals surface area contributed by atoms with E-state index in [1.54, 1.807) is 24.3 Å². The first kappa shape index (κ1) is 19.3. The zero-order valence-corrected chi connectivity index (χ0v) is 16.4. The molecule has 1 amide bonds. The van der Waals surface area contributed by atoms with Gasteiger partial charge in [-0.25, -0.2) is 4.68 Å². The van der Waals surface area contributed by atoms with Crippen LogP contribution < -0.4 is 21.7 Å². The van der Waals surface area contributed by atoms with Gasteiger partial charge in [-0.2, -0.15) is 5.10 Å². The van der Waals surface area contributed by atoms with Crippen LogP contribution in [0.15, 0.2) is 29.1 Å². The molecular weight excluding hydrogens is 362 g/mol. The van der Waals surface area contributed by atoms with E-state index in [1.165, 1.54) is 17.5 Å². The van der Waals surface area contributed by atoms with Gasteiger partial charge in [0, 0.05) is 18.0 Å². The lowest BCUT2D eigenvalue weighted by molar-refractivity contribution is 0.0937. The minimum Gasteiger partial charge on any atom is -0.359 e. The smallest absolute Gasteiger partial charge is 0.290 e. The Morgan fingerprint density at radius 2 is 1.89 bits per heavy atom. The van der Waals surface area contributed by atoms with E-state index in [-0.39, 0.29) is 17.2 Å². The van der Waals surface area contributed by atoms with Crippen LogP contribution >= 0.6 is 12.2 Å². The summed E-state index contributed by atoms with van der Waals surface area (Å²) in [4.78, 5) is 25.3. The van der Waals surface area contributed by atoms with E-state index < -0.39 is 5.91 Å². The maximum absolute atomic E-state index is 12.7. The van der Waals surface area contributed by atoms with Crippen LogP contribution in [-0.2, 0) is 6.54 Å². The van der Waals surface area contributed by atoms with Crippen molar-refractivity contribution in [3.63, 3.8) is 0 Å². The predicted octanol–water partition coefficient (Wildman–Crippen LogP) is 2.10. The molecule has 0 atom stereocenters. The second kappa shape index (κ2) is 8.47. The van der Waals surface area contributed by atoms with Gasteiger partial charge < -0.3 is 5.32 Å². The second-order valence-corrected chi connectivity index (χ2v) is 7.72. The fourth-order valence-electron chi connectivity index (χ4n) is 3.34. The molecule has 1 aliphatic rings. The molecule has 0 radical (unpaired) electrons. The van der Waals surface area contributed by atoms with Gasteiger partial charge in [0.25, 0.3) is 11.5 Å². The topological polar surface area (TPSA) is 88.1 Å². The summed E-state index contributed by atoms with van der Waals surface area (Å²) in [5.74, 6) is -0.201. The van der Waals surface area contributed by atoms with Gasteiger partial charge in [-0.3, -0.25) is 20.4 Å². The second-order valence-electron chi connectivity index (χ2n) is 7.31. The van der Waals surface area contributed by atoms with Crippen LogP contribution in [0.3, 0.4) is 0 Å². The van der Waals surface area contributed by atoms with Gasteiger partial charge in [0.15, 0.2) is 10.8 Å². The predicted molar refractivity (Wildman–Crippen MR) is 109 cm³/mol. The Kier molecular flexibility index (Phi) is 6.05. The number of benzene rings is 1. The quantitative estimate of drug-likeness (QED) is 0.550. The Hall–Kier alpha value is -2.48. The van der Waals surface area contributed by atoms with Crippen LogP contribution in [0, 0.1) is 5.92 Å². The number of rotatable bonds is 4. The van der Waals surface area contributed by atoms with Gasteiger partial charge in [0.2, 0.25) is 0 Å². The summed E-state index contributed by atoms with van der Waals surface area (Å²) in [5.41, 5.74) is 5.34. The number of hydrogen-bond donors (Lipinski definition) is 3. The van der Waals surface area contributed by atoms with E-state index in [2.05, 4.69) is 21.3 Å². The van der Waals surface area contributed by atoms with E-state index in [0.717, 1.165) is 12.8 Å². The van der Waals surface area contributed by atoms with Crippen molar-refractivity contribution < 1.29 is 4.79 Å². The van der Waals surface area contributed by atoms with Crippen molar-refractivity contribution in [3.05, 3.63) is 40.3 Å². The third-order valence-corrected chi connectivity index (χ3v) is 4.82. The van der Waals surface area contributed by atoms with Crippen molar-refractivity contribution in [2.75, 3.05) is 0 Å².